The minimum absolute atomic E-state index is 0.0335. The third kappa shape index (κ3) is 2.79. The second-order valence-corrected chi connectivity index (χ2v) is 6.10. The first kappa shape index (κ1) is 14.8. The standard InChI is InChI=1S/C12H12ClFN2O3S/c1-7-11(5-8(6-15)19-7)20(17,18)16-12-9(13)3-2-4-10(12)14/h2-5,16H,6,15H2,1H3. The predicted molar refractivity (Wildman–Crippen MR) is 73.6 cm³/mol. The quantitative estimate of drug-likeness (QED) is 0.907. The summed E-state index contributed by atoms with van der Waals surface area (Å²) < 4.78 is 45.3. The zero-order valence-electron chi connectivity index (χ0n) is 10.5. The number of anilines is 1. The van der Waals surface area contributed by atoms with Crippen LogP contribution in [-0.2, 0) is 16.6 Å². The second-order valence-electron chi connectivity index (χ2n) is 4.04. The SMILES string of the molecule is Cc1oc(CN)cc1S(=O)(=O)Nc1c(F)cccc1Cl. The highest BCUT2D eigenvalue weighted by Crippen LogP contribution is 2.29. The van der Waals surface area contributed by atoms with Crippen molar-refractivity contribution in [1.29, 1.82) is 0 Å². The second kappa shape index (κ2) is 5.43. The van der Waals surface area contributed by atoms with Crippen molar-refractivity contribution in [3.05, 3.63) is 46.6 Å². The summed E-state index contributed by atoms with van der Waals surface area (Å²) in [6.45, 7) is 1.55. The molecule has 0 bridgehead atoms. The molecule has 0 saturated heterocycles. The van der Waals surface area contributed by atoms with Gasteiger partial charge < -0.3 is 10.2 Å². The van der Waals surface area contributed by atoms with E-state index >= 15 is 0 Å². The summed E-state index contributed by atoms with van der Waals surface area (Å²) in [6.07, 6.45) is 0. The van der Waals surface area contributed by atoms with Crippen LogP contribution in [0.15, 0.2) is 33.6 Å². The third-order valence-electron chi connectivity index (χ3n) is 2.61. The van der Waals surface area contributed by atoms with Crippen LogP contribution in [0.5, 0.6) is 0 Å². The zero-order chi connectivity index (χ0) is 14.9. The lowest BCUT2D eigenvalue weighted by Gasteiger charge is -2.09. The summed E-state index contributed by atoms with van der Waals surface area (Å²) in [5.74, 6) is -0.269. The van der Waals surface area contributed by atoms with E-state index in [0.717, 1.165) is 6.07 Å². The molecular weight excluding hydrogens is 307 g/mol. The molecule has 2 aromatic rings. The van der Waals surface area contributed by atoms with E-state index in [0.29, 0.717) is 5.76 Å². The fraction of sp³-hybridized carbons (Fsp3) is 0.167. The number of furan rings is 1. The molecule has 108 valence electrons. The van der Waals surface area contributed by atoms with E-state index in [9.17, 15) is 12.8 Å². The number of hydrogen-bond acceptors (Lipinski definition) is 4. The minimum atomic E-state index is -4.00. The number of halogens is 2. The van der Waals surface area contributed by atoms with E-state index in [1.54, 1.807) is 0 Å². The smallest absolute Gasteiger partial charge is 0.265 e. The maximum Gasteiger partial charge on any atom is 0.265 e. The Morgan fingerprint density at radius 1 is 1.45 bits per heavy atom. The van der Waals surface area contributed by atoms with Crippen LogP contribution in [0.1, 0.15) is 11.5 Å². The monoisotopic (exact) mass is 318 g/mol. The van der Waals surface area contributed by atoms with Crippen LogP contribution in [0, 0.1) is 12.7 Å². The average molecular weight is 319 g/mol. The maximum atomic E-state index is 13.6. The van der Waals surface area contributed by atoms with Crippen molar-refractivity contribution in [1.82, 2.24) is 0 Å². The molecule has 0 saturated carbocycles. The Morgan fingerprint density at radius 3 is 2.70 bits per heavy atom. The number of sulfonamides is 1. The summed E-state index contributed by atoms with van der Waals surface area (Å²) >= 11 is 5.78. The number of nitrogens with one attached hydrogen (secondary N) is 1. The summed E-state index contributed by atoms with van der Waals surface area (Å²) in [4.78, 5) is -0.0998. The van der Waals surface area contributed by atoms with Gasteiger partial charge in [-0.05, 0) is 19.1 Å². The van der Waals surface area contributed by atoms with Gasteiger partial charge in [0, 0.05) is 6.07 Å². The normalized spacial score (nSPS) is 11.6. The largest absolute Gasteiger partial charge is 0.464 e. The first-order valence-corrected chi connectivity index (χ1v) is 7.47. The van der Waals surface area contributed by atoms with Gasteiger partial charge in [-0.2, -0.15) is 0 Å². The van der Waals surface area contributed by atoms with Gasteiger partial charge in [-0.15, -0.1) is 0 Å². The molecular formula is C12H12ClFN2O3S. The molecule has 0 fully saturated rings. The Morgan fingerprint density at radius 2 is 2.15 bits per heavy atom. The zero-order valence-corrected chi connectivity index (χ0v) is 12.1. The summed E-state index contributed by atoms with van der Waals surface area (Å²) in [5.41, 5.74) is 5.08. The molecule has 0 aliphatic carbocycles. The molecule has 2 rings (SSSR count). The van der Waals surface area contributed by atoms with Crippen LogP contribution < -0.4 is 10.5 Å². The fourth-order valence-corrected chi connectivity index (χ4v) is 3.24. The van der Waals surface area contributed by atoms with Crippen molar-refractivity contribution >= 4 is 27.3 Å². The molecule has 0 unspecified atom stereocenters. The van der Waals surface area contributed by atoms with Crippen LogP contribution in [-0.4, -0.2) is 8.42 Å². The molecule has 0 aliphatic rings. The van der Waals surface area contributed by atoms with Crippen LogP contribution >= 0.6 is 11.6 Å². The van der Waals surface area contributed by atoms with Crippen molar-refractivity contribution < 1.29 is 17.2 Å². The van der Waals surface area contributed by atoms with Crippen LogP contribution in [0.2, 0.25) is 5.02 Å². The van der Waals surface area contributed by atoms with Gasteiger partial charge in [-0.3, -0.25) is 4.72 Å². The van der Waals surface area contributed by atoms with Crippen LogP contribution in [0.4, 0.5) is 10.1 Å². The number of hydrogen-bond donors (Lipinski definition) is 2. The van der Waals surface area contributed by atoms with Gasteiger partial charge in [0.05, 0.1) is 11.6 Å². The molecule has 0 atom stereocenters. The molecule has 0 aliphatic heterocycles. The Hall–Kier alpha value is -1.57. The fourth-order valence-electron chi connectivity index (χ4n) is 1.68. The van der Waals surface area contributed by atoms with Gasteiger partial charge in [-0.1, -0.05) is 17.7 Å². The van der Waals surface area contributed by atoms with Crippen molar-refractivity contribution in [3.63, 3.8) is 0 Å². The summed E-state index contributed by atoms with van der Waals surface area (Å²) in [5, 5.41) is -0.0335. The van der Waals surface area contributed by atoms with Crippen molar-refractivity contribution in [2.45, 2.75) is 18.4 Å². The number of nitrogens with two attached hydrogens (primary N) is 1. The number of rotatable bonds is 4. The number of para-hydroxylation sites is 1. The molecule has 1 aromatic carbocycles. The molecule has 5 nitrogen and oxygen atoms in total. The average Bonchev–Trinajstić information content (AvgIpc) is 2.76. The van der Waals surface area contributed by atoms with Gasteiger partial charge in [0.25, 0.3) is 10.0 Å². The third-order valence-corrected chi connectivity index (χ3v) is 4.39. The van der Waals surface area contributed by atoms with E-state index in [4.69, 9.17) is 21.8 Å². The number of aryl methyl sites for hydroxylation is 1. The highest BCUT2D eigenvalue weighted by molar-refractivity contribution is 7.92. The van der Waals surface area contributed by atoms with Crippen LogP contribution in [0.25, 0.3) is 0 Å². The molecule has 0 amide bonds. The van der Waals surface area contributed by atoms with Gasteiger partial charge in [0.15, 0.2) is 0 Å². The Balaban J connectivity index is 2.43. The molecule has 0 radical (unpaired) electrons. The lowest BCUT2D eigenvalue weighted by atomic mass is 10.3. The predicted octanol–water partition coefficient (Wildman–Crippen LogP) is 2.64. The highest BCUT2D eigenvalue weighted by atomic mass is 35.5. The van der Waals surface area contributed by atoms with Gasteiger partial charge in [0.2, 0.25) is 0 Å². The van der Waals surface area contributed by atoms with Gasteiger partial charge >= 0.3 is 0 Å². The molecule has 1 aromatic heterocycles. The molecule has 1 heterocycles. The van der Waals surface area contributed by atoms with Crippen molar-refractivity contribution in [2.24, 2.45) is 5.73 Å². The van der Waals surface area contributed by atoms with Gasteiger partial charge in [0.1, 0.15) is 27.9 Å². The molecule has 20 heavy (non-hydrogen) atoms. The first-order chi connectivity index (χ1) is 9.35. The topological polar surface area (TPSA) is 85.3 Å². The van der Waals surface area contributed by atoms with E-state index < -0.39 is 15.8 Å². The molecule has 0 spiro atoms. The Labute approximate surface area is 120 Å². The van der Waals surface area contributed by atoms with E-state index in [1.165, 1.54) is 25.1 Å². The summed E-state index contributed by atoms with van der Waals surface area (Å²) in [6, 6.07) is 5.17. The van der Waals surface area contributed by atoms with E-state index in [1.807, 2.05) is 0 Å². The van der Waals surface area contributed by atoms with Crippen molar-refractivity contribution in [2.75, 3.05) is 4.72 Å². The molecule has 8 heteroatoms. The Kier molecular flexibility index (Phi) is 4.03. The van der Waals surface area contributed by atoms with Crippen molar-refractivity contribution in [3.8, 4) is 0 Å². The molecule has 3 N–H and O–H groups in total. The van der Waals surface area contributed by atoms with E-state index in [-0.39, 0.29) is 27.9 Å². The highest BCUT2D eigenvalue weighted by Gasteiger charge is 2.23. The Bertz CT molecular complexity index is 723. The lowest BCUT2D eigenvalue weighted by Crippen LogP contribution is -2.14. The summed E-state index contributed by atoms with van der Waals surface area (Å²) in [7, 11) is -4.00. The lowest BCUT2D eigenvalue weighted by molar-refractivity contribution is 0.479. The maximum absolute atomic E-state index is 13.6. The number of benzene rings is 1. The van der Waals surface area contributed by atoms with Crippen LogP contribution in [0.3, 0.4) is 0 Å². The van der Waals surface area contributed by atoms with Gasteiger partial charge in [-0.25, -0.2) is 12.8 Å². The minimum Gasteiger partial charge on any atom is -0.464 e. The first-order valence-electron chi connectivity index (χ1n) is 5.61. The van der Waals surface area contributed by atoms with E-state index in [2.05, 4.69) is 4.72 Å².